The molecule has 2 saturated heterocycles. The number of carbonyl (C=O) groups excluding carboxylic acids is 3. The maximum atomic E-state index is 14.5. The van der Waals surface area contributed by atoms with E-state index in [-0.39, 0.29) is 30.1 Å². The molecule has 8 rings (SSSR count). The van der Waals surface area contributed by atoms with Crippen molar-refractivity contribution in [2.75, 3.05) is 25.2 Å². The number of para-hydroxylation sites is 2. The Morgan fingerprint density at radius 2 is 1.59 bits per heavy atom. The van der Waals surface area contributed by atoms with E-state index in [2.05, 4.69) is 10.5 Å². The van der Waals surface area contributed by atoms with Crippen molar-refractivity contribution < 1.29 is 28.6 Å². The van der Waals surface area contributed by atoms with Crippen molar-refractivity contribution in [2.24, 2.45) is 16.9 Å². The van der Waals surface area contributed by atoms with Gasteiger partial charge in [0.2, 0.25) is 17.7 Å². The number of nitrogens with zero attached hydrogens (tertiary/aromatic N) is 2. The van der Waals surface area contributed by atoms with Gasteiger partial charge >= 0.3 is 0 Å². The predicted molar refractivity (Wildman–Crippen MR) is 150 cm³/mol. The fourth-order valence-corrected chi connectivity index (χ4v) is 7.30. The number of benzene rings is 3. The Bertz CT molecular complexity index is 1560. The van der Waals surface area contributed by atoms with Gasteiger partial charge in [0.25, 0.3) is 0 Å². The fourth-order valence-electron chi connectivity index (χ4n) is 7.30. The molecule has 2 aliphatic heterocycles. The molecule has 1 N–H and O–H groups in total. The SMILES string of the molecule is COc1ccccc1N1C(=O)[C@H]2C3c4ccccc4C(/C=N\NC(=O)CC4(C)OCCO4)(c4ccccc43)[C@H]2C1=O. The van der Waals surface area contributed by atoms with Crippen molar-refractivity contribution in [1.29, 1.82) is 0 Å². The van der Waals surface area contributed by atoms with Crippen LogP contribution < -0.4 is 15.1 Å². The van der Waals surface area contributed by atoms with Crippen molar-refractivity contribution in [3.63, 3.8) is 0 Å². The van der Waals surface area contributed by atoms with Crippen molar-refractivity contribution in [3.8, 4) is 5.75 Å². The van der Waals surface area contributed by atoms with Gasteiger partial charge in [0.15, 0.2) is 5.79 Å². The van der Waals surface area contributed by atoms with Crippen LogP contribution in [0, 0.1) is 11.8 Å². The number of methoxy groups -OCH3 is 1. The number of carbonyl (C=O) groups is 3. The summed E-state index contributed by atoms with van der Waals surface area (Å²) in [6.45, 7) is 2.57. The van der Waals surface area contributed by atoms with Gasteiger partial charge in [0.05, 0.1) is 49.7 Å². The Labute approximate surface area is 237 Å². The molecule has 3 aromatic carbocycles. The zero-order valence-corrected chi connectivity index (χ0v) is 22.7. The third-order valence-electron chi connectivity index (χ3n) is 8.85. The second kappa shape index (κ2) is 9.36. The minimum Gasteiger partial charge on any atom is -0.495 e. The molecule has 0 saturated carbocycles. The second-order valence-corrected chi connectivity index (χ2v) is 11.0. The topological polar surface area (TPSA) is 107 Å². The van der Waals surface area contributed by atoms with Gasteiger partial charge in [-0.25, -0.2) is 10.3 Å². The molecule has 41 heavy (non-hydrogen) atoms. The molecule has 2 bridgehead atoms. The summed E-state index contributed by atoms with van der Waals surface area (Å²) in [5, 5.41) is 4.44. The Kier molecular flexibility index (Phi) is 5.85. The molecule has 0 spiro atoms. The molecule has 2 heterocycles. The summed E-state index contributed by atoms with van der Waals surface area (Å²) < 4.78 is 16.7. The third-order valence-corrected chi connectivity index (χ3v) is 8.85. The summed E-state index contributed by atoms with van der Waals surface area (Å²) in [6, 6.07) is 22.8. The molecule has 2 fully saturated rings. The highest BCUT2D eigenvalue weighted by Gasteiger charge is 2.68. The smallest absolute Gasteiger partial charge is 0.245 e. The molecule has 0 unspecified atom stereocenters. The lowest BCUT2D eigenvalue weighted by molar-refractivity contribution is -0.159. The Morgan fingerprint density at radius 1 is 0.976 bits per heavy atom. The summed E-state index contributed by atoms with van der Waals surface area (Å²) in [4.78, 5) is 42.9. The van der Waals surface area contributed by atoms with Crippen LogP contribution >= 0.6 is 0 Å². The quantitative estimate of drug-likeness (QED) is 0.286. The molecule has 0 radical (unpaired) electrons. The molecule has 208 valence electrons. The molecule has 9 heteroatoms. The highest BCUT2D eigenvalue weighted by molar-refractivity contribution is 6.25. The number of hydrogen-bond donors (Lipinski definition) is 1. The number of hydrazone groups is 1. The van der Waals surface area contributed by atoms with E-state index in [1.165, 1.54) is 12.0 Å². The Morgan fingerprint density at radius 3 is 2.24 bits per heavy atom. The van der Waals surface area contributed by atoms with Gasteiger partial charge in [-0.3, -0.25) is 14.4 Å². The van der Waals surface area contributed by atoms with Gasteiger partial charge in [0, 0.05) is 12.1 Å². The van der Waals surface area contributed by atoms with Crippen LogP contribution in [0.4, 0.5) is 5.69 Å². The Hall–Kier alpha value is -4.34. The van der Waals surface area contributed by atoms with E-state index in [0.29, 0.717) is 24.7 Å². The van der Waals surface area contributed by atoms with Crippen LogP contribution in [0.3, 0.4) is 0 Å². The van der Waals surface area contributed by atoms with Crippen LogP contribution in [0.2, 0.25) is 0 Å². The van der Waals surface area contributed by atoms with Gasteiger partial charge in [-0.15, -0.1) is 0 Å². The molecule has 9 nitrogen and oxygen atoms in total. The van der Waals surface area contributed by atoms with Gasteiger partial charge in [-0.05, 0) is 41.3 Å². The summed E-state index contributed by atoms with van der Waals surface area (Å²) in [5.74, 6) is -3.27. The number of imide groups is 1. The highest BCUT2D eigenvalue weighted by Crippen LogP contribution is 2.63. The van der Waals surface area contributed by atoms with Crippen molar-refractivity contribution >= 4 is 29.6 Å². The number of rotatable bonds is 6. The number of nitrogens with one attached hydrogen (secondary N) is 1. The normalized spacial score (nSPS) is 27.1. The lowest BCUT2D eigenvalue weighted by Gasteiger charge is -2.52. The fraction of sp³-hybridized carbons (Fsp3) is 0.312. The minimum atomic E-state index is -1.09. The number of amides is 3. The lowest BCUT2D eigenvalue weighted by atomic mass is 9.47. The van der Waals surface area contributed by atoms with Crippen LogP contribution in [-0.2, 0) is 29.3 Å². The number of anilines is 1. The molecule has 2 atom stereocenters. The summed E-state index contributed by atoms with van der Waals surface area (Å²) >= 11 is 0. The van der Waals surface area contributed by atoms with E-state index in [4.69, 9.17) is 14.2 Å². The molecule has 3 amide bonds. The molecule has 3 aliphatic carbocycles. The molecular formula is C32H29N3O6. The number of hydrogen-bond acceptors (Lipinski definition) is 7. The standard InChI is InChI=1S/C32H29N3O6/c1-31(40-15-16-41-31)17-25(36)34-33-18-32-21-11-5-3-9-19(21)26(20-10-4-6-12-22(20)32)27-28(32)30(38)35(29(27)37)23-13-7-8-14-24(23)39-2/h3-14,18,26-28H,15-17H2,1-2H3,(H,34,36)/b33-18-/t26?,27-,28+,32?/m0/s1. The first kappa shape index (κ1) is 25.6. The zero-order valence-electron chi connectivity index (χ0n) is 22.7. The lowest BCUT2D eigenvalue weighted by Crippen LogP contribution is -2.54. The molecule has 3 aromatic rings. The van der Waals surface area contributed by atoms with E-state index in [1.807, 2.05) is 48.5 Å². The van der Waals surface area contributed by atoms with Crippen LogP contribution in [0.15, 0.2) is 77.9 Å². The third kappa shape index (κ3) is 3.62. The van der Waals surface area contributed by atoms with Crippen molar-refractivity contribution in [3.05, 3.63) is 95.1 Å². The average molecular weight is 552 g/mol. The van der Waals surface area contributed by atoms with E-state index >= 15 is 0 Å². The zero-order chi connectivity index (χ0) is 28.4. The van der Waals surface area contributed by atoms with Gasteiger partial charge in [-0.1, -0.05) is 60.7 Å². The van der Waals surface area contributed by atoms with Crippen LogP contribution in [0.25, 0.3) is 0 Å². The largest absolute Gasteiger partial charge is 0.495 e. The van der Waals surface area contributed by atoms with Crippen LogP contribution in [-0.4, -0.2) is 50.0 Å². The first-order chi connectivity index (χ1) is 19.9. The monoisotopic (exact) mass is 551 g/mol. The molecular weight excluding hydrogens is 522 g/mol. The van der Waals surface area contributed by atoms with Crippen LogP contribution in [0.1, 0.15) is 41.5 Å². The van der Waals surface area contributed by atoms with Gasteiger partial charge in [-0.2, -0.15) is 5.10 Å². The van der Waals surface area contributed by atoms with Crippen molar-refractivity contribution in [2.45, 2.75) is 30.5 Å². The number of ether oxygens (including phenoxy) is 3. The predicted octanol–water partition coefficient (Wildman–Crippen LogP) is 3.50. The first-order valence-electron chi connectivity index (χ1n) is 13.7. The average Bonchev–Trinajstić information content (AvgIpc) is 3.53. The van der Waals surface area contributed by atoms with Crippen LogP contribution in [0.5, 0.6) is 5.75 Å². The molecule has 0 aromatic heterocycles. The first-order valence-corrected chi connectivity index (χ1v) is 13.7. The minimum absolute atomic E-state index is 0.0301. The van der Waals surface area contributed by atoms with Gasteiger partial charge in [0.1, 0.15) is 5.75 Å². The van der Waals surface area contributed by atoms with E-state index in [9.17, 15) is 14.4 Å². The van der Waals surface area contributed by atoms with Crippen molar-refractivity contribution in [1.82, 2.24) is 5.43 Å². The summed E-state index contributed by atoms with van der Waals surface area (Å²) in [7, 11) is 1.52. The Balaban J connectivity index is 1.36. The highest BCUT2D eigenvalue weighted by atomic mass is 16.7. The van der Waals surface area contributed by atoms with E-state index < -0.39 is 23.0 Å². The maximum Gasteiger partial charge on any atom is 0.245 e. The second-order valence-electron chi connectivity index (χ2n) is 11.0. The summed E-state index contributed by atoms with van der Waals surface area (Å²) in [6.07, 6.45) is 1.61. The van der Waals surface area contributed by atoms with Gasteiger partial charge < -0.3 is 14.2 Å². The molecule has 5 aliphatic rings. The maximum absolute atomic E-state index is 14.5. The van der Waals surface area contributed by atoms with E-state index in [0.717, 1.165) is 22.3 Å². The summed E-state index contributed by atoms with van der Waals surface area (Å²) in [5.41, 5.74) is 5.72. The van der Waals surface area contributed by atoms with E-state index in [1.54, 1.807) is 37.4 Å².